The molecule has 2 heterocycles. The lowest BCUT2D eigenvalue weighted by Crippen LogP contribution is -2.41. The van der Waals surface area contributed by atoms with E-state index < -0.39 is 5.60 Å². The summed E-state index contributed by atoms with van der Waals surface area (Å²) in [7, 11) is 0. The third kappa shape index (κ3) is 6.79. The highest BCUT2D eigenvalue weighted by Gasteiger charge is 2.26. The van der Waals surface area contributed by atoms with Gasteiger partial charge in [-0.1, -0.05) is 23.7 Å². The van der Waals surface area contributed by atoms with E-state index in [0.29, 0.717) is 35.2 Å². The molecule has 1 fully saturated rings. The fraction of sp³-hybridized carbons (Fsp3) is 0.391. The maximum absolute atomic E-state index is 12.7. The predicted octanol–water partition coefficient (Wildman–Crippen LogP) is 5.34. The molecule has 0 atom stereocenters. The van der Waals surface area contributed by atoms with Crippen LogP contribution in [0.25, 0.3) is 0 Å². The van der Waals surface area contributed by atoms with E-state index in [1.54, 1.807) is 35.2 Å². The van der Waals surface area contributed by atoms with Crippen molar-refractivity contribution in [3.05, 3.63) is 53.2 Å². The Kier molecular flexibility index (Phi) is 7.28. The number of ether oxygens (including phenoxy) is 1. The van der Waals surface area contributed by atoms with Crippen LogP contribution in [-0.2, 0) is 4.74 Å². The summed E-state index contributed by atoms with van der Waals surface area (Å²) >= 11 is 5.84. The molecule has 1 aromatic heterocycles. The molecule has 2 aromatic rings. The summed E-state index contributed by atoms with van der Waals surface area (Å²) in [5.41, 5.74) is 0.548. The monoisotopic (exact) mass is 442 g/mol. The second-order valence-corrected chi connectivity index (χ2v) is 8.85. The summed E-state index contributed by atoms with van der Waals surface area (Å²) in [5, 5.41) is 3.26. The standard InChI is InChI=1S/C23H27ClN4O3/c1-23(2,3)31-22(30)28-12-10-16(11-13-28)14-25-19-7-5-4-6-18(19)21(29)27-20-9-8-17(24)15-26-20/h4-9,14-16H,10-13H2,1-3H3,(H,26,27,29)/b25-14+. The Morgan fingerprint density at radius 1 is 1.19 bits per heavy atom. The molecule has 0 spiro atoms. The Bertz CT molecular complexity index is 946. The van der Waals surface area contributed by atoms with Crippen molar-refractivity contribution >= 4 is 41.3 Å². The fourth-order valence-corrected chi connectivity index (χ4v) is 3.27. The second kappa shape index (κ2) is 9.92. The van der Waals surface area contributed by atoms with E-state index in [-0.39, 0.29) is 17.9 Å². The van der Waals surface area contributed by atoms with Crippen molar-refractivity contribution in [3.63, 3.8) is 0 Å². The van der Waals surface area contributed by atoms with Crippen LogP contribution in [0.15, 0.2) is 47.6 Å². The Morgan fingerprint density at radius 3 is 2.55 bits per heavy atom. The number of hydrogen-bond acceptors (Lipinski definition) is 5. The Hall–Kier alpha value is -2.93. The highest BCUT2D eigenvalue weighted by molar-refractivity contribution is 6.30. The van der Waals surface area contributed by atoms with Gasteiger partial charge in [-0.15, -0.1) is 0 Å². The Balaban J connectivity index is 1.60. The van der Waals surface area contributed by atoms with Crippen molar-refractivity contribution < 1.29 is 14.3 Å². The van der Waals surface area contributed by atoms with E-state index in [1.165, 1.54) is 6.20 Å². The first kappa shape index (κ1) is 22.7. The van der Waals surface area contributed by atoms with Crippen LogP contribution in [0.4, 0.5) is 16.3 Å². The molecule has 7 nitrogen and oxygen atoms in total. The number of halogens is 1. The topological polar surface area (TPSA) is 83.9 Å². The van der Waals surface area contributed by atoms with Crippen molar-refractivity contribution in [2.45, 2.75) is 39.2 Å². The smallest absolute Gasteiger partial charge is 0.410 e. The zero-order chi connectivity index (χ0) is 22.4. The van der Waals surface area contributed by atoms with Crippen LogP contribution in [0.2, 0.25) is 5.02 Å². The van der Waals surface area contributed by atoms with Crippen molar-refractivity contribution in [2.75, 3.05) is 18.4 Å². The average molecular weight is 443 g/mol. The van der Waals surface area contributed by atoms with Crippen LogP contribution in [0.3, 0.4) is 0 Å². The van der Waals surface area contributed by atoms with Crippen molar-refractivity contribution in [2.24, 2.45) is 10.9 Å². The fourth-order valence-electron chi connectivity index (χ4n) is 3.15. The first-order chi connectivity index (χ1) is 14.7. The van der Waals surface area contributed by atoms with E-state index in [2.05, 4.69) is 15.3 Å². The number of pyridine rings is 1. The third-order valence-corrected chi connectivity index (χ3v) is 4.96. The number of nitrogens with one attached hydrogen (secondary N) is 1. The number of benzene rings is 1. The number of likely N-dealkylation sites (tertiary alicyclic amines) is 1. The van der Waals surface area contributed by atoms with Gasteiger partial charge in [-0.25, -0.2) is 9.78 Å². The molecular formula is C23H27ClN4O3. The Morgan fingerprint density at radius 2 is 1.90 bits per heavy atom. The number of carbonyl (C=O) groups excluding carboxylic acids is 2. The Labute approximate surface area is 187 Å². The number of aromatic nitrogens is 1. The van der Waals surface area contributed by atoms with E-state index >= 15 is 0 Å². The molecular weight excluding hydrogens is 416 g/mol. The average Bonchev–Trinajstić information content (AvgIpc) is 2.73. The van der Waals surface area contributed by atoms with Gasteiger partial charge in [0.25, 0.3) is 5.91 Å². The van der Waals surface area contributed by atoms with Gasteiger partial charge in [0.2, 0.25) is 0 Å². The lowest BCUT2D eigenvalue weighted by Gasteiger charge is -2.32. The van der Waals surface area contributed by atoms with E-state index in [1.807, 2.05) is 33.1 Å². The predicted molar refractivity (Wildman–Crippen MR) is 122 cm³/mol. The SMILES string of the molecule is CC(C)(C)OC(=O)N1CCC(/C=N/c2ccccc2C(=O)Nc2ccc(Cl)cn2)CC1. The van der Waals surface area contributed by atoms with Crippen LogP contribution >= 0.6 is 11.6 Å². The van der Waals surface area contributed by atoms with E-state index in [0.717, 1.165) is 12.8 Å². The summed E-state index contributed by atoms with van der Waals surface area (Å²) in [6, 6.07) is 10.5. The molecule has 0 bridgehead atoms. The molecule has 0 unspecified atom stereocenters. The summed E-state index contributed by atoms with van der Waals surface area (Å²) < 4.78 is 5.44. The minimum absolute atomic E-state index is 0.229. The van der Waals surface area contributed by atoms with Gasteiger partial charge in [-0.3, -0.25) is 9.79 Å². The number of aliphatic imine (C=N–C) groups is 1. The van der Waals surface area contributed by atoms with Gasteiger partial charge >= 0.3 is 6.09 Å². The molecule has 1 aromatic carbocycles. The molecule has 8 heteroatoms. The summed E-state index contributed by atoms with van der Waals surface area (Å²) in [6.45, 7) is 6.83. The number of nitrogens with zero attached hydrogens (tertiary/aromatic N) is 3. The zero-order valence-electron chi connectivity index (χ0n) is 18.0. The molecule has 31 heavy (non-hydrogen) atoms. The molecule has 0 saturated carbocycles. The van der Waals surface area contributed by atoms with Gasteiger partial charge in [0.1, 0.15) is 11.4 Å². The lowest BCUT2D eigenvalue weighted by molar-refractivity contribution is 0.0203. The number of piperidine rings is 1. The number of rotatable bonds is 4. The number of anilines is 1. The van der Waals surface area contributed by atoms with Gasteiger partial charge in [-0.2, -0.15) is 0 Å². The van der Waals surface area contributed by atoms with Crippen molar-refractivity contribution in [3.8, 4) is 0 Å². The van der Waals surface area contributed by atoms with Crippen LogP contribution in [0, 0.1) is 5.92 Å². The number of hydrogen-bond donors (Lipinski definition) is 1. The third-order valence-electron chi connectivity index (χ3n) is 4.73. The van der Waals surface area contributed by atoms with Gasteiger partial charge in [0.15, 0.2) is 0 Å². The number of carbonyl (C=O) groups is 2. The second-order valence-electron chi connectivity index (χ2n) is 8.42. The molecule has 164 valence electrons. The highest BCUT2D eigenvalue weighted by Crippen LogP contribution is 2.23. The van der Waals surface area contributed by atoms with Crippen LogP contribution < -0.4 is 5.32 Å². The molecule has 1 saturated heterocycles. The molecule has 3 rings (SSSR count). The minimum atomic E-state index is -0.499. The first-order valence-electron chi connectivity index (χ1n) is 10.3. The van der Waals surface area contributed by atoms with E-state index in [9.17, 15) is 9.59 Å². The molecule has 2 amide bonds. The summed E-state index contributed by atoms with van der Waals surface area (Å²) in [5.74, 6) is 0.359. The molecule has 1 aliphatic heterocycles. The van der Waals surface area contributed by atoms with E-state index in [4.69, 9.17) is 16.3 Å². The maximum atomic E-state index is 12.7. The molecule has 0 radical (unpaired) electrons. The van der Waals surface area contributed by atoms with Gasteiger partial charge in [-0.05, 0) is 63.8 Å². The van der Waals surface area contributed by atoms with Crippen LogP contribution in [0.5, 0.6) is 0 Å². The first-order valence-corrected chi connectivity index (χ1v) is 10.6. The summed E-state index contributed by atoms with van der Waals surface area (Å²) in [6.07, 6.45) is 4.67. The normalized spacial score (nSPS) is 15.2. The van der Waals surface area contributed by atoms with Gasteiger partial charge in [0.05, 0.1) is 16.3 Å². The summed E-state index contributed by atoms with van der Waals surface area (Å²) in [4.78, 5) is 35.3. The van der Waals surface area contributed by atoms with Crippen molar-refractivity contribution in [1.82, 2.24) is 9.88 Å². The molecule has 1 aliphatic rings. The lowest BCUT2D eigenvalue weighted by atomic mass is 9.98. The van der Waals surface area contributed by atoms with Crippen LogP contribution in [0.1, 0.15) is 44.0 Å². The molecule has 0 aliphatic carbocycles. The zero-order valence-corrected chi connectivity index (χ0v) is 18.7. The highest BCUT2D eigenvalue weighted by atomic mass is 35.5. The minimum Gasteiger partial charge on any atom is -0.444 e. The maximum Gasteiger partial charge on any atom is 0.410 e. The number of amides is 2. The van der Waals surface area contributed by atoms with Gasteiger partial charge < -0.3 is 15.0 Å². The van der Waals surface area contributed by atoms with Gasteiger partial charge in [0, 0.05) is 25.5 Å². The quantitative estimate of drug-likeness (QED) is 0.648. The largest absolute Gasteiger partial charge is 0.444 e. The van der Waals surface area contributed by atoms with Crippen LogP contribution in [-0.4, -0.2) is 46.8 Å². The van der Waals surface area contributed by atoms with Crippen molar-refractivity contribution in [1.29, 1.82) is 0 Å². The molecule has 1 N–H and O–H groups in total. The number of para-hydroxylation sites is 1.